The second kappa shape index (κ2) is 2.44. The molecule has 0 saturated heterocycles. The summed E-state index contributed by atoms with van der Waals surface area (Å²) in [6.07, 6.45) is 0. The average molecular weight is 104 g/mol. The molecule has 0 aliphatic carbocycles. The van der Waals surface area contributed by atoms with Gasteiger partial charge in [-0.15, -0.1) is 0 Å². The van der Waals surface area contributed by atoms with Crippen molar-refractivity contribution in [3.8, 4) is 0 Å². The van der Waals surface area contributed by atoms with Gasteiger partial charge in [-0.3, -0.25) is 15.9 Å². The molecule has 0 rings (SSSR count). The molecule has 7 heavy (non-hydrogen) atoms. The standard InChI is InChI=1S/C3H8N2O2/c1-3(4-6)5(2)7/h4,6-7H,1H2,2H3. The Balaban J connectivity index is 3.35. The van der Waals surface area contributed by atoms with E-state index in [1.807, 2.05) is 0 Å². The van der Waals surface area contributed by atoms with Crippen LogP contribution in [0.25, 0.3) is 0 Å². The van der Waals surface area contributed by atoms with Gasteiger partial charge in [0.1, 0.15) is 5.82 Å². The van der Waals surface area contributed by atoms with E-state index in [-0.39, 0.29) is 5.82 Å². The Bertz CT molecular complexity index is 71.3. The predicted molar refractivity (Wildman–Crippen MR) is 23.6 cm³/mol. The van der Waals surface area contributed by atoms with Gasteiger partial charge < -0.3 is 0 Å². The summed E-state index contributed by atoms with van der Waals surface area (Å²) in [6, 6.07) is 0. The van der Waals surface area contributed by atoms with Gasteiger partial charge in [0.15, 0.2) is 0 Å². The maximum atomic E-state index is 8.33. The van der Waals surface area contributed by atoms with Gasteiger partial charge in [0.25, 0.3) is 0 Å². The third-order valence-corrected chi connectivity index (χ3v) is 0.520. The fourth-order valence-electron chi connectivity index (χ4n) is 0.0724. The van der Waals surface area contributed by atoms with E-state index in [9.17, 15) is 0 Å². The Kier molecular flexibility index (Phi) is 2.18. The van der Waals surface area contributed by atoms with E-state index in [1.165, 1.54) is 7.05 Å². The molecule has 0 atom stereocenters. The van der Waals surface area contributed by atoms with Gasteiger partial charge in [-0.2, -0.15) is 0 Å². The molecule has 0 heterocycles. The smallest absolute Gasteiger partial charge is 0.142 e. The van der Waals surface area contributed by atoms with E-state index < -0.39 is 0 Å². The number of hydrogen-bond donors (Lipinski definition) is 3. The topological polar surface area (TPSA) is 55.7 Å². The van der Waals surface area contributed by atoms with Gasteiger partial charge in [0.2, 0.25) is 0 Å². The van der Waals surface area contributed by atoms with Gasteiger partial charge in [0.05, 0.1) is 0 Å². The number of nitrogens with one attached hydrogen (secondary N) is 1. The molecule has 0 aromatic rings. The molecule has 0 radical (unpaired) electrons. The molecule has 0 aromatic heterocycles. The van der Waals surface area contributed by atoms with Crippen molar-refractivity contribution in [2.24, 2.45) is 0 Å². The minimum atomic E-state index is 0.0417. The normalized spacial score (nSPS) is 7.86. The molecule has 0 unspecified atom stereocenters. The van der Waals surface area contributed by atoms with Gasteiger partial charge in [0, 0.05) is 7.05 Å². The molecular formula is C3H8N2O2. The van der Waals surface area contributed by atoms with E-state index in [0.717, 1.165) is 0 Å². The fraction of sp³-hybridized carbons (Fsp3) is 0.333. The lowest BCUT2D eigenvalue weighted by Crippen LogP contribution is -2.21. The summed E-state index contributed by atoms with van der Waals surface area (Å²) in [6.45, 7) is 3.19. The van der Waals surface area contributed by atoms with Crippen molar-refractivity contribution in [3.05, 3.63) is 12.4 Å². The van der Waals surface area contributed by atoms with Gasteiger partial charge in [-0.1, -0.05) is 6.58 Å². The molecule has 0 fully saturated rings. The minimum absolute atomic E-state index is 0.0417. The predicted octanol–water partition coefficient (Wildman–Crippen LogP) is -0.243. The molecule has 0 aliphatic rings. The number of hydrogen-bond acceptors (Lipinski definition) is 4. The van der Waals surface area contributed by atoms with Gasteiger partial charge in [-0.25, -0.2) is 5.06 Å². The largest absolute Gasteiger partial charge is 0.290 e. The van der Waals surface area contributed by atoms with Gasteiger partial charge in [-0.05, 0) is 0 Å². The van der Waals surface area contributed by atoms with Crippen molar-refractivity contribution in [1.29, 1.82) is 0 Å². The van der Waals surface area contributed by atoms with Crippen LogP contribution in [-0.2, 0) is 0 Å². The van der Waals surface area contributed by atoms with Crippen LogP contribution in [0.3, 0.4) is 0 Å². The molecule has 0 saturated carbocycles. The fourth-order valence-corrected chi connectivity index (χ4v) is 0.0724. The molecule has 4 nitrogen and oxygen atoms in total. The second-order valence-corrected chi connectivity index (χ2v) is 1.08. The zero-order valence-electron chi connectivity index (χ0n) is 4.05. The van der Waals surface area contributed by atoms with Crippen molar-refractivity contribution in [1.82, 2.24) is 10.5 Å². The molecule has 42 valence electrons. The van der Waals surface area contributed by atoms with Gasteiger partial charge >= 0.3 is 0 Å². The Morgan fingerprint density at radius 3 is 2.29 bits per heavy atom. The number of nitrogens with zero attached hydrogens (tertiary/aromatic N) is 1. The highest BCUT2D eigenvalue weighted by Crippen LogP contribution is 1.81. The van der Waals surface area contributed by atoms with Crippen LogP contribution in [0.2, 0.25) is 0 Å². The highest BCUT2D eigenvalue weighted by molar-refractivity contribution is 4.79. The first kappa shape index (κ1) is 6.26. The third-order valence-electron chi connectivity index (χ3n) is 0.520. The monoisotopic (exact) mass is 104 g/mol. The summed E-state index contributed by atoms with van der Waals surface area (Å²) in [5.41, 5.74) is 1.65. The quantitative estimate of drug-likeness (QED) is 0.423. The first-order chi connectivity index (χ1) is 3.18. The van der Waals surface area contributed by atoms with Crippen molar-refractivity contribution in [2.75, 3.05) is 7.05 Å². The maximum absolute atomic E-state index is 8.33. The SMILES string of the molecule is C=C(NO)N(C)O. The lowest BCUT2D eigenvalue weighted by molar-refractivity contribution is -0.0536. The van der Waals surface area contributed by atoms with Crippen molar-refractivity contribution < 1.29 is 10.4 Å². The summed E-state index contributed by atoms with van der Waals surface area (Å²) in [5, 5.41) is 17.0. The van der Waals surface area contributed by atoms with Crippen LogP contribution in [0.1, 0.15) is 0 Å². The first-order valence-electron chi connectivity index (χ1n) is 1.70. The van der Waals surface area contributed by atoms with E-state index in [1.54, 1.807) is 5.48 Å². The first-order valence-corrected chi connectivity index (χ1v) is 1.70. The Hall–Kier alpha value is -0.740. The lowest BCUT2D eigenvalue weighted by atomic mass is 10.8. The second-order valence-electron chi connectivity index (χ2n) is 1.08. The molecular weight excluding hydrogens is 96.0 g/mol. The minimum Gasteiger partial charge on any atom is -0.290 e. The maximum Gasteiger partial charge on any atom is 0.142 e. The molecule has 3 N–H and O–H groups in total. The summed E-state index contributed by atoms with van der Waals surface area (Å²) in [5.74, 6) is 0.0417. The molecule has 0 spiro atoms. The summed E-state index contributed by atoms with van der Waals surface area (Å²) >= 11 is 0. The van der Waals surface area contributed by atoms with Crippen LogP contribution < -0.4 is 5.48 Å². The molecule has 4 heteroatoms. The van der Waals surface area contributed by atoms with E-state index in [4.69, 9.17) is 10.4 Å². The zero-order valence-corrected chi connectivity index (χ0v) is 4.05. The Morgan fingerprint density at radius 2 is 2.29 bits per heavy atom. The van der Waals surface area contributed by atoms with Crippen LogP contribution >= 0.6 is 0 Å². The lowest BCUT2D eigenvalue weighted by Gasteiger charge is -2.09. The van der Waals surface area contributed by atoms with Crippen LogP contribution in [0.4, 0.5) is 0 Å². The van der Waals surface area contributed by atoms with E-state index in [0.29, 0.717) is 5.06 Å². The summed E-state index contributed by atoms with van der Waals surface area (Å²) in [4.78, 5) is 0. The van der Waals surface area contributed by atoms with Crippen molar-refractivity contribution in [3.63, 3.8) is 0 Å². The average Bonchev–Trinajstić information content (AvgIpc) is 1.65. The molecule has 0 bridgehead atoms. The van der Waals surface area contributed by atoms with Crippen LogP contribution in [0.15, 0.2) is 12.4 Å². The highest BCUT2D eigenvalue weighted by Gasteiger charge is 1.89. The van der Waals surface area contributed by atoms with Crippen molar-refractivity contribution >= 4 is 0 Å². The zero-order chi connectivity index (χ0) is 5.86. The summed E-state index contributed by atoms with van der Waals surface area (Å²) < 4.78 is 0. The number of rotatable bonds is 2. The number of hydroxylamine groups is 3. The third kappa shape index (κ3) is 2.02. The Morgan fingerprint density at radius 1 is 1.86 bits per heavy atom. The Labute approximate surface area is 41.6 Å². The highest BCUT2D eigenvalue weighted by atomic mass is 16.5. The van der Waals surface area contributed by atoms with Crippen LogP contribution in [0, 0.1) is 0 Å². The van der Waals surface area contributed by atoms with Crippen LogP contribution in [-0.4, -0.2) is 22.5 Å². The van der Waals surface area contributed by atoms with E-state index >= 15 is 0 Å². The van der Waals surface area contributed by atoms with E-state index in [2.05, 4.69) is 6.58 Å². The summed E-state index contributed by atoms with van der Waals surface area (Å²) in [7, 11) is 1.34. The molecule has 0 amide bonds. The van der Waals surface area contributed by atoms with Crippen molar-refractivity contribution in [2.45, 2.75) is 0 Å². The molecule has 0 aliphatic heterocycles. The molecule has 0 aromatic carbocycles. The van der Waals surface area contributed by atoms with Crippen LogP contribution in [0.5, 0.6) is 0 Å².